The second-order valence-electron chi connectivity index (χ2n) is 5.70. The molecule has 0 atom stereocenters. The first-order valence-corrected chi connectivity index (χ1v) is 7.90. The second-order valence-corrected chi connectivity index (χ2v) is 5.70. The third kappa shape index (κ3) is 3.49. The van der Waals surface area contributed by atoms with Gasteiger partial charge in [-0.05, 0) is 42.0 Å². The van der Waals surface area contributed by atoms with Gasteiger partial charge < -0.3 is 9.84 Å². The van der Waals surface area contributed by atoms with E-state index in [4.69, 9.17) is 4.74 Å². The van der Waals surface area contributed by atoms with Gasteiger partial charge in [-0.1, -0.05) is 24.3 Å². The van der Waals surface area contributed by atoms with Crippen LogP contribution in [0, 0.1) is 5.82 Å². The van der Waals surface area contributed by atoms with Gasteiger partial charge in [0, 0.05) is 11.6 Å². The number of halogens is 1. The van der Waals surface area contributed by atoms with Gasteiger partial charge in [0.25, 0.3) is 5.91 Å². The summed E-state index contributed by atoms with van der Waals surface area (Å²) in [6.45, 7) is 1.57. The molecule has 3 aromatic rings. The number of ether oxygens (including phenoxy) is 1. The topological polar surface area (TPSA) is 70.9 Å². The molecule has 0 aliphatic heterocycles. The monoisotopic (exact) mass is 352 g/mol. The highest BCUT2D eigenvalue weighted by Gasteiger charge is 2.13. The Morgan fingerprint density at radius 1 is 1.08 bits per heavy atom. The number of rotatable bonds is 4. The van der Waals surface area contributed by atoms with Gasteiger partial charge >= 0.3 is 0 Å². The van der Waals surface area contributed by atoms with Crippen LogP contribution in [0.3, 0.4) is 0 Å². The van der Waals surface area contributed by atoms with Crippen molar-refractivity contribution in [3.63, 3.8) is 0 Å². The molecule has 0 saturated carbocycles. The van der Waals surface area contributed by atoms with Crippen molar-refractivity contribution in [2.75, 3.05) is 7.11 Å². The van der Waals surface area contributed by atoms with Crippen molar-refractivity contribution in [3.05, 3.63) is 71.5 Å². The lowest BCUT2D eigenvalue weighted by molar-refractivity contribution is 0.0952. The van der Waals surface area contributed by atoms with E-state index in [1.54, 1.807) is 19.1 Å². The molecule has 6 heteroatoms. The highest BCUT2D eigenvalue weighted by atomic mass is 19.1. The zero-order valence-electron chi connectivity index (χ0n) is 14.3. The van der Waals surface area contributed by atoms with Gasteiger partial charge in [0.05, 0.1) is 18.4 Å². The molecule has 132 valence electrons. The summed E-state index contributed by atoms with van der Waals surface area (Å²) in [6, 6.07) is 14.8. The fraction of sp³-hybridized carbons (Fsp3) is 0.100. The molecule has 0 saturated heterocycles. The fourth-order valence-corrected chi connectivity index (χ4v) is 2.58. The van der Waals surface area contributed by atoms with Crippen LogP contribution >= 0.6 is 0 Å². The van der Waals surface area contributed by atoms with Gasteiger partial charge in [-0.15, -0.1) is 0 Å². The Balaban J connectivity index is 1.84. The predicted molar refractivity (Wildman–Crippen MR) is 98.2 cm³/mol. The van der Waals surface area contributed by atoms with E-state index in [2.05, 4.69) is 10.5 Å². The van der Waals surface area contributed by atoms with Gasteiger partial charge in [-0.25, -0.2) is 9.82 Å². The largest absolute Gasteiger partial charge is 0.507 e. The Hall–Kier alpha value is -3.41. The third-order valence-electron chi connectivity index (χ3n) is 4.00. The van der Waals surface area contributed by atoms with E-state index in [0.717, 1.165) is 10.8 Å². The molecule has 3 rings (SSSR count). The maximum absolute atomic E-state index is 14.1. The van der Waals surface area contributed by atoms with E-state index < -0.39 is 11.7 Å². The molecule has 26 heavy (non-hydrogen) atoms. The van der Waals surface area contributed by atoms with Crippen molar-refractivity contribution in [2.24, 2.45) is 5.10 Å². The number of nitrogens with one attached hydrogen (secondary N) is 1. The number of hydrazone groups is 1. The maximum Gasteiger partial charge on any atom is 0.275 e. The lowest BCUT2D eigenvalue weighted by atomic mass is 10.1. The number of hydrogen-bond acceptors (Lipinski definition) is 4. The highest BCUT2D eigenvalue weighted by molar-refractivity contribution is 6.03. The number of carbonyl (C=O) groups is 1. The SMILES string of the molecule is COc1ccc(/C(C)=N\NC(=O)c2cc3ccccc3cc2O)c(F)c1. The summed E-state index contributed by atoms with van der Waals surface area (Å²) in [5.41, 5.74) is 2.98. The normalized spacial score (nSPS) is 11.4. The minimum absolute atomic E-state index is 0.0930. The first-order chi connectivity index (χ1) is 12.5. The minimum Gasteiger partial charge on any atom is -0.507 e. The van der Waals surface area contributed by atoms with Crippen molar-refractivity contribution in [1.29, 1.82) is 0 Å². The van der Waals surface area contributed by atoms with Crippen LogP contribution in [0.15, 0.2) is 59.7 Å². The Morgan fingerprint density at radius 2 is 1.77 bits per heavy atom. The lowest BCUT2D eigenvalue weighted by Gasteiger charge is -2.08. The molecule has 0 aliphatic rings. The number of nitrogens with zero attached hydrogens (tertiary/aromatic N) is 1. The Kier molecular flexibility index (Phi) is 4.84. The average molecular weight is 352 g/mol. The molecule has 0 aromatic heterocycles. The van der Waals surface area contributed by atoms with E-state index in [1.165, 1.54) is 25.3 Å². The number of hydrogen-bond donors (Lipinski definition) is 2. The fourth-order valence-electron chi connectivity index (χ4n) is 2.58. The van der Waals surface area contributed by atoms with Crippen molar-refractivity contribution in [1.82, 2.24) is 5.43 Å². The number of carbonyl (C=O) groups excluding carboxylic acids is 1. The third-order valence-corrected chi connectivity index (χ3v) is 4.00. The predicted octanol–water partition coefficient (Wildman–Crippen LogP) is 3.85. The van der Waals surface area contributed by atoms with Crippen LogP contribution in [-0.2, 0) is 0 Å². The molecule has 3 aromatic carbocycles. The number of benzene rings is 3. The zero-order valence-corrected chi connectivity index (χ0v) is 14.3. The van der Waals surface area contributed by atoms with Gasteiger partial charge in [-0.3, -0.25) is 4.79 Å². The Morgan fingerprint density at radius 3 is 2.42 bits per heavy atom. The van der Waals surface area contributed by atoms with Crippen LogP contribution in [0.2, 0.25) is 0 Å². The lowest BCUT2D eigenvalue weighted by Crippen LogP contribution is -2.19. The van der Waals surface area contributed by atoms with Crippen LogP contribution in [0.25, 0.3) is 10.8 Å². The molecule has 0 aliphatic carbocycles. The van der Waals surface area contributed by atoms with Crippen LogP contribution in [0.4, 0.5) is 4.39 Å². The van der Waals surface area contributed by atoms with Crippen molar-refractivity contribution >= 4 is 22.4 Å². The Bertz CT molecular complexity index is 1020. The van der Waals surface area contributed by atoms with Crippen LogP contribution in [0.5, 0.6) is 11.5 Å². The van der Waals surface area contributed by atoms with E-state index in [9.17, 15) is 14.3 Å². The first kappa shape index (κ1) is 17.4. The Labute approximate surface area is 149 Å². The molecule has 0 heterocycles. The standard InChI is InChI=1S/C20H17FN2O3/c1-12(16-8-7-15(26-2)11-18(16)21)22-23-20(25)17-9-13-5-3-4-6-14(13)10-19(17)24/h3-11,24H,1-2H3,(H,23,25)/b22-12-. The molecule has 0 unspecified atom stereocenters. The van der Waals surface area contributed by atoms with Gasteiger partial charge in [0.2, 0.25) is 0 Å². The summed E-state index contributed by atoms with van der Waals surface area (Å²) in [5.74, 6) is -0.844. The molecule has 0 fully saturated rings. The van der Waals surface area contributed by atoms with E-state index in [1.807, 2.05) is 24.3 Å². The van der Waals surface area contributed by atoms with Crippen molar-refractivity contribution in [2.45, 2.75) is 6.92 Å². The van der Waals surface area contributed by atoms with Crippen LogP contribution in [0.1, 0.15) is 22.8 Å². The van der Waals surface area contributed by atoms with Crippen molar-refractivity contribution in [3.8, 4) is 11.5 Å². The summed E-state index contributed by atoms with van der Waals surface area (Å²) in [4.78, 5) is 12.3. The number of methoxy groups -OCH3 is 1. The molecule has 0 bridgehead atoms. The highest BCUT2D eigenvalue weighted by Crippen LogP contribution is 2.25. The number of phenolic OH excluding ortho intramolecular Hbond substituents is 1. The second kappa shape index (κ2) is 7.23. The van der Waals surface area contributed by atoms with Gasteiger partial charge in [-0.2, -0.15) is 5.10 Å². The minimum atomic E-state index is -0.582. The van der Waals surface area contributed by atoms with Gasteiger partial charge in [0.1, 0.15) is 17.3 Å². The van der Waals surface area contributed by atoms with E-state index >= 15 is 0 Å². The first-order valence-electron chi connectivity index (χ1n) is 7.90. The molecular formula is C20H17FN2O3. The summed E-state index contributed by atoms with van der Waals surface area (Å²) in [5, 5.41) is 15.7. The summed E-state index contributed by atoms with van der Waals surface area (Å²) in [7, 11) is 1.45. The molecule has 0 radical (unpaired) electrons. The quantitative estimate of drug-likeness (QED) is 0.553. The summed E-state index contributed by atoms with van der Waals surface area (Å²) < 4.78 is 19.0. The summed E-state index contributed by atoms with van der Waals surface area (Å²) >= 11 is 0. The number of amides is 1. The molecule has 5 nitrogen and oxygen atoms in total. The van der Waals surface area contributed by atoms with Crippen molar-refractivity contribution < 1.29 is 19.0 Å². The number of phenols is 1. The summed E-state index contributed by atoms with van der Waals surface area (Å²) in [6.07, 6.45) is 0. The molecule has 2 N–H and O–H groups in total. The van der Waals surface area contributed by atoms with E-state index in [-0.39, 0.29) is 16.9 Å². The molecular weight excluding hydrogens is 335 g/mol. The van der Waals surface area contributed by atoms with E-state index in [0.29, 0.717) is 11.5 Å². The van der Waals surface area contributed by atoms with Crippen LogP contribution in [-0.4, -0.2) is 23.8 Å². The zero-order chi connectivity index (χ0) is 18.7. The smallest absolute Gasteiger partial charge is 0.275 e. The molecule has 1 amide bonds. The molecule has 0 spiro atoms. The van der Waals surface area contributed by atoms with Gasteiger partial charge in [0.15, 0.2) is 0 Å². The number of aromatic hydroxyl groups is 1. The average Bonchev–Trinajstić information content (AvgIpc) is 2.65. The number of fused-ring (bicyclic) bond motifs is 1. The van der Waals surface area contributed by atoms with Crippen LogP contribution < -0.4 is 10.2 Å². The maximum atomic E-state index is 14.1.